The molecule has 118 valence electrons. The van der Waals surface area contributed by atoms with Crippen LogP contribution in [-0.2, 0) is 16.0 Å². The summed E-state index contributed by atoms with van der Waals surface area (Å²) in [6.07, 6.45) is 2.22. The molecular weight excluding hydrogens is 284 g/mol. The average molecular weight is 304 g/mol. The van der Waals surface area contributed by atoms with E-state index >= 15 is 0 Å². The maximum Gasteiger partial charge on any atom is 0.329 e. The first-order valence-corrected chi connectivity index (χ1v) is 7.63. The smallest absolute Gasteiger partial charge is 0.329 e. The number of nitrogens with zero attached hydrogens (tertiary/aromatic N) is 2. The Balaban J connectivity index is 1.56. The summed E-state index contributed by atoms with van der Waals surface area (Å²) in [4.78, 5) is 26.8. The second kappa shape index (κ2) is 6.36. The fourth-order valence-electron chi connectivity index (χ4n) is 3.11. The molecule has 0 atom stereocenters. The van der Waals surface area contributed by atoms with Crippen molar-refractivity contribution in [1.82, 2.24) is 4.90 Å². The van der Waals surface area contributed by atoms with Gasteiger partial charge in [0, 0.05) is 25.3 Å². The normalized spacial score (nSPS) is 18.4. The van der Waals surface area contributed by atoms with Crippen LogP contribution in [0.2, 0.25) is 0 Å². The molecule has 1 N–H and O–H groups in total. The molecular formula is C16H20N2O4. The first kappa shape index (κ1) is 14.8. The SMILES string of the molecule is O=C(O)COC1CCN(C(=O)N2CCc3ccccc32)CC1. The molecule has 0 bridgehead atoms. The van der Waals surface area contributed by atoms with E-state index < -0.39 is 5.97 Å². The van der Waals surface area contributed by atoms with Crippen molar-refractivity contribution in [2.75, 3.05) is 31.1 Å². The highest BCUT2D eigenvalue weighted by Crippen LogP contribution is 2.29. The highest BCUT2D eigenvalue weighted by atomic mass is 16.5. The number of carboxylic acid groups (broad SMARTS) is 1. The molecule has 1 aromatic rings. The lowest BCUT2D eigenvalue weighted by molar-refractivity contribution is -0.145. The molecule has 0 spiro atoms. The maximum atomic E-state index is 12.7. The number of carbonyl (C=O) groups excluding carboxylic acids is 1. The van der Waals surface area contributed by atoms with Crippen molar-refractivity contribution in [3.8, 4) is 0 Å². The number of hydrogen-bond donors (Lipinski definition) is 1. The third-order valence-corrected chi connectivity index (χ3v) is 4.27. The van der Waals surface area contributed by atoms with Crippen LogP contribution in [0.25, 0.3) is 0 Å². The summed E-state index contributed by atoms with van der Waals surface area (Å²) in [6, 6.07) is 8.05. The van der Waals surface area contributed by atoms with Crippen molar-refractivity contribution in [3.63, 3.8) is 0 Å². The Hall–Kier alpha value is -2.08. The maximum absolute atomic E-state index is 12.7. The van der Waals surface area contributed by atoms with Gasteiger partial charge in [0.2, 0.25) is 0 Å². The number of piperidine rings is 1. The van der Waals surface area contributed by atoms with Crippen molar-refractivity contribution < 1.29 is 19.4 Å². The van der Waals surface area contributed by atoms with Gasteiger partial charge in [-0.15, -0.1) is 0 Å². The summed E-state index contributed by atoms with van der Waals surface area (Å²) < 4.78 is 5.30. The number of aliphatic carboxylic acids is 1. The fraction of sp³-hybridized carbons (Fsp3) is 0.500. The van der Waals surface area contributed by atoms with Crippen LogP contribution in [-0.4, -0.2) is 54.4 Å². The third-order valence-electron chi connectivity index (χ3n) is 4.27. The number of amides is 2. The fourth-order valence-corrected chi connectivity index (χ4v) is 3.11. The zero-order valence-corrected chi connectivity index (χ0v) is 12.4. The minimum Gasteiger partial charge on any atom is -0.480 e. The van der Waals surface area contributed by atoms with Gasteiger partial charge in [0.15, 0.2) is 0 Å². The molecule has 0 saturated carbocycles. The van der Waals surface area contributed by atoms with Crippen molar-refractivity contribution in [2.24, 2.45) is 0 Å². The van der Waals surface area contributed by atoms with Crippen LogP contribution in [0.4, 0.5) is 10.5 Å². The second-order valence-electron chi connectivity index (χ2n) is 5.70. The Morgan fingerprint density at radius 1 is 1.18 bits per heavy atom. The summed E-state index contributed by atoms with van der Waals surface area (Å²) in [5.41, 5.74) is 2.23. The quantitative estimate of drug-likeness (QED) is 0.923. The largest absolute Gasteiger partial charge is 0.480 e. The lowest BCUT2D eigenvalue weighted by Crippen LogP contribution is -2.47. The molecule has 2 heterocycles. The van der Waals surface area contributed by atoms with E-state index in [1.54, 1.807) is 0 Å². The topological polar surface area (TPSA) is 70.1 Å². The van der Waals surface area contributed by atoms with Gasteiger partial charge in [-0.2, -0.15) is 0 Å². The van der Waals surface area contributed by atoms with Gasteiger partial charge < -0.3 is 14.7 Å². The number of ether oxygens (including phenoxy) is 1. The van der Waals surface area contributed by atoms with Crippen molar-refractivity contribution >= 4 is 17.7 Å². The molecule has 2 amide bonds. The zero-order valence-electron chi connectivity index (χ0n) is 12.4. The van der Waals surface area contributed by atoms with E-state index in [1.807, 2.05) is 28.0 Å². The molecule has 2 aliphatic rings. The second-order valence-corrected chi connectivity index (χ2v) is 5.70. The molecule has 0 unspecified atom stereocenters. The van der Waals surface area contributed by atoms with Crippen LogP contribution in [0.5, 0.6) is 0 Å². The Bertz CT molecular complexity index is 567. The summed E-state index contributed by atoms with van der Waals surface area (Å²) >= 11 is 0. The van der Waals surface area contributed by atoms with Gasteiger partial charge in [-0.25, -0.2) is 9.59 Å². The standard InChI is InChI=1S/C16H20N2O4/c19-15(20)11-22-13-6-8-17(9-7-13)16(21)18-10-5-12-3-1-2-4-14(12)18/h1-4,13H,5-11H2,(H,19,20). The molecule has 6 heteroatoms. The third kappa shape index (κ3) is 3.06. The summed E-state index contributed by atoms with van der Waals surface area (Å²) in [5.74, 6) is -0.952. The molecule has 3 rings (SSSR count). The van der Waals surface area contributed by atoms with E-state index in [4.69, 9.17) is 9.84 Å². The van der Waals surface area contributed by atoms with E-state index in [-0.39, 0.29) is 18.7 Å². The van der Waals surface area contributed by atoms with Gasteiger partial charge in [0.1, 0.15) is 6.61 Å². The number of anilines is 1. The highest BCUT2D eigenvalue weighted by Gasteiger charge is 2.30. The van der Waals surface area contributed by atoms with Gasteiger partial charge in [-0.3, -0.25) is 4.90 Å². The minimum absolute atomic E-state index is 0.0432. The number of urea groups is 1. The van der Waals surface area contributed by atoms with E-state index in [2.05, 4.69) is 6.07 Å². The minimum atomic E-state index is -0.952. The molecule has 0 aromatic heterocycles. The van der Waals surface area contributed by atoms with Gasteiger partial charge in [0.05, 0.1) is 6.10 Å². The van der Waals surface area contributed by atoms with Crippen LogP contribution < -0.4 is 4.90 Å². The number of fused-ring (bicyclic) bond motifs is 1. The predicted octanol–water partition coefficient (Wildman–Crippen LogP) is 1.73. The number of carbonyl (C=O) groups is 2. The number of rotatable bonds is 3. The van der Waals surface area contributed by atoms with Crippen LogP contribution in [0.15, 0.2) is 24.3 Å². The summed E-state index contributed by atoms with van der Waals surface area (Å²) in [7, 11) is 0. The number of benzene rings is 1. The first-order chi connectivity index (χ1) is 10.6. The Morgan fingerprint density at radius 3 is 2.64 bits per heavy atom. The van der Waals surface area contributed by atoms with E-state index in [9.17, 15) is 9.59 Å². The van der Waals surface area contributed by atoms with E-state index in [1.165, 1.54) is 5.56 Å². The summed E-state index contributed by atoms with van der Waals surface area (Å²) in [5, 5.41) is 8.62. The van der Waals surface area contributed by atoms with Gasteiger partial charge in [0.25, 0.3) is 0 Å². The van der Waals surface area contributed by atoms with E-state index in [0.717, 1.165) is 18.7 Å². The van der Waals surface area contributed by atoms with Crippen LogP contribution >= 0.6 is 0 Å². The zero-order chi connectivity index (χ0) is 15.5. The average Bonchev–Trinajstić information content (AvgIpc) is 2.97. The first-order valence-electron chi connectivity index (χ1n) is 7.63. The molecule has 6 nitrogen and oxygen atoms in total. The lowest BCUT2D eigenvalue weighted by Gasteiger charge is -2.34. The Labute approximate surface area is 129 Å². The lowest BCUT2D eigenvalue weighted by atomic mass is 10.1. The molecule has 22 heavy (non-hydrogen) atoms. The Morgan fingerprint density at radius 2 is 1.91 bits per heavy atom. The van der Waals surface area contributed by atoms with Crippen molar-refractivity contribution in [2.45, 2.75) is 25.4 Å². The molecule has 1 saturated heterocycles. The number of carboxylic acids is 1. The molecule has 1 fully saturated rings. The van der Waals surface area contributed by atoms with Gasteiger partial charge in [-0.05, 0) is 30.9 Å². The highest BCUT2D eigenvalue weighted by molar-refractivity contribution is 5.94. The van der Waals surface area contributed by atoms with Crippen molar-refractivity contribution in [1.29, 1.82) is 0 Å². The number of para-hydroxylation sites is 1. The monoisotopic (exact) mass is 304 g/mol. The van der Waals surface area contributed by atoms with Crippen molar-refractivity contribution in [3.05, 3.63) is 29.8 Å². The summed E-state index contributed by atoms with van der Waals surface area (Å²) in [6.45, 7) is 1.69. The molecule has 2 aliphatic heterocycles. The van der Waals surface area contributed by atoms with Crippen LogP contribution in [0, 0.1) is 0 Å². The predicted molar refractivity (Wildman–Crippen MR) is 81.1 cm³/mol. The van der Waals surface area contributed by atoms with Crippen LogP contribution in [0.3, 0.4) is 0 Å². The molecule has 0 radical (unpaired) electrons. The van der Waals surface area contributed by atoms with Gasteiger partial charge in [-0.1, -0.05) is 18.2 Å². The number of likely N-dealkylation sites (tertiary alicyclic amines) is 1. The molecule has 1 aromatic carbocycles. The Kier molecular flexibility index (Phi) is 4.29. The number of hydrogen-bond acceptors (Lipinski definition) is 3. The van der Waals surface area contributed by atoms with Gasteiger partial charge >= 0.3 is 12.0 Å². The van der Waals surface area contributed by atoms with Crippen LogP contribution in [0.1, 0.15) is 18.4 Å². The molecule has 0 aliphatic carbocycles. The van der Waals surface area contributed by atoms with E-state index in [0.29, 0.717) is 25.9 Å².